The number of anilines is 1. The van der Waals surface area contributed by atoms with Crippen LogP contribution in [-0.2, 0) is 6.54 Å². The van der Waals surface area contributed by atoms with Gasteiger partial charge in [0.05, 0.1) is 5.69 Å². The van der Waals surface area contributed by atoms with Gasteiger partial charge in [0.1, 0.15) is 0 Å². The molecule has 2 N–H and O–H groups in total. The molecule has 0 spiro atoms. The lowest BCUT2D eigenvalue weighted by Crippen LogP contribution is -2.22. The lowest BCUT2D eigenvalue weighted by atomic mass is 10.1. The Hall–Kier alpha value is -0.540. The Kier molecular flexibility index (Phi) is 4.61. The summed E-state index contributed by atoms with van der Waals surface area (Å²) >= 11 is 3.58. The molecule has 0 atom stereocenters. The molecule has 84 valence electrons. The monoisotopic (exact) mass is 270 g/mol. The van der Waals surface area contributed by atoms with Crippen LogP contribution in [0.2, 0.25) is 0 Å². The second kappa shape index (κ2) is 5.52. The largest absolute Gasteiger partial charge is 0.373 e. The van der Waals surface area contributed by atoms with Crippen LogP contribution in [0.5, 0.6) is 0 Å². The molecular formula is C12H19BrN2. The number of benzene rings is 1. The van der Waals surface area contributed by atoms with Crippen LogP contribution in [0.25, 0.3) is 0 Å². The number of rotatable bonds is 4. The summed E-state index contributed by atoms with van der Waals surface area (Å²) in [4.78, 5) is 2.26. The van der Waals surface area contributed by atoms with Crippen LogP contribution in [-0.4, -0.2) is 13.6 Å². The van der Waals surface area contributed by atoms with Crippen molar-refractivity contribution >= 4 is 21.6 Å². The molecule has 0 aromatic heterocycles. The summed E-state index contributed by atoms with van der Waals surface area (Å²) in [7, 11) is 2.11. The summed E-state index contributed by atoms with van der Waals surface area (Å²) in [6, 6.07) is 6.29. The zero-order chi connectivity index (χ0) is 11.4. The molecule has 0 aliphatic heterocycles. The second-order valence-corrected chi connectivity index (χ2v) is 5.12. The molecule has 0 unspecified atom stereocenters. The molecule has 0 amide bonds. The van der Waals surface area contributed by atoms with Crippen molar-refractivity contribution in [3.8, 4) is 0 Å². The van der Waals surface area contributed by atoms with Gasteiger partial charge < -0.3 is 10.6 Å². The summed E-state index contributed by atoms with van der Waals surface area (Å²) in [5.74, 6) is 0.663. The molecule has 3 heteroatoms. The highest BCUT2D eigenvalue weighted by Gasteiger charge is 2.07. The predicted octanol–water partition coefficient (Wildman–Crippen LogP) is 3.00. The molecule has 0 aliphatic rings. The Labute approximate surface area is 101 Å². The standard InChI is InChI=1S/C12H19BrN2/c1-9(2)8-15(3)12-5-4-10(7-14)6-11(12)13/h4-6,9H,7-8,14H2,1-3H3. The van der Waals surface area contributed by atoms with Gasteiger partial charge in [0.25, 0.3) is 0 Å². The third-order valence-corrected chi connectivity index (χ3v) is 2.93. The molecule has 1 aromatic carbocycles. The zero-order valence-corrected chi connectivity index (χ0v) is 11.2. The van der Waals surface area contributed by atoms with Crippen molar-refractivity contribution in [3.63, 3.8) is 0 Å². The van der Waals surface area contributed by atoms with Crippen molar-refractivity contribution < 1.29 is 0 Å². The summed E-state index contributed by atoms with van der Waals surface area (Å²) in [6.07, 6.45) is 0. The average Bonchev–Trinajstić information content (AvgIpc) is 2.16. The van der Waals surface area contributed by atoms with Crippen molar-refractivity contribution in [2.45, 2.75) is 20.4 Å². The van der Waals surface area contributed by atoms with E-state index in [1.807, 2.05) is 0 Å². The van der Waals surface area contributed by atoms with Crippen LogP contribution >= 0.6 is 15.9 Å². The van der Waals surface area contributed by atoms with Crippen LogP contribution in [0.15, 0.2) is 22.7 Å². The van der Waals surface area contributed by atoms with Gasteiger partial charge in [-0.15, -0.1) is 0 Å². The number of nitrogens with two attached hydrogens (primary N) is 1. The number of nitrogens with zero attached hydrogens (tertiary/aromatic N) is 1. The Bertz CT molecular complexity index is 323. The molecule has 0 radical (unpaired) electrons. The van der Waals surface area contributed by atoms with Gasteiger partial charge in [0, 0.05) is 24.6 Å². The molecule has 0 fully saturated rings. The first-order valence-corrected chi connectivity index (χ1v) is 6.03. The lowest BCUT2D eigenvalue weighted by Gasteiger charge is -2.23. The lowest BCUT2D eigenvalue weighted by molar-refractivity contribution is 0.638. The SMILES string of the molecule is CC(C)CN(C)c1ccc(CN)cc1Br. The third-order valence-electron chi connectivity index (χ3n) is 2.30. The van der Waals surface area contributed by atoms with E-state index in [-0.39, 0.29) is 0 Å². The Morgan fingerprint density at radius 1 is 1.40 bits per heavy atom. The van der Waals surface area contributed by atoms with E-state index < -0.39 is 0 Å². The van der Waals surface area contributed by atoms with Crippen molar-refractivity contribution in [3.05, 3.63) is 28.2 Å². The van der Waals surface area contributed by atoms with E-state index in [4.69, 9.17) is 5.73 Å². The van der Waals surface area contributed by atoms with Gasteiger partial charge in [-0.05, 0) is 39.5 Å². The second-order valence-electron chi connectivity index (χ2n) is 4.26. The Balaban J connectivity index is 2.85. The van der Waals surface area contributed by atoms with Crippen LogP contribution in [0.3, 0.4) is 0 Å². The molecule has 0 heterocycles. The molecule has 0 aliphatic carbocycles. The number of hydrogen-bond donors (Lipinski definition) is 1. The summed E-state index contributed by atoms with van der Waals surface area (Å²) in [5.41, 5.74) is 7.97. The van der Waals surface area contributed by atoms with Crippen LogP contribution in [0, 0.1) is 5.92 Å². The molecule has 0 bridgehead atoms. The van der Waals surface area contributed by atoms with E-state index >= 15 is 0 Å². The molecule has 1 rings (SSSR count). The van der Waals surface area contributed by atoms with Crippen LogP contribution < -0.4 is 10.6 Å². The smallest absolute Gasteiger partial charge is 0.0508 e. The van der Waals surface area contributed by atoms with E-state index in [2.05, 4.69) is 59.9 Å². The van der Waals surface area contributed by atoms with Crippen molar-refractivity contribution in [2.24, 2.45) is 11.7 Å². The Morgan fingerprint density at radius 2 is 2.07 bits per heavy atom. The first-order valence-electron chi connectivity index (χ1n) is 5.24. The van der Waals surface area contributed by atoms with Gasteiger partial charge in [-0.1, -0.05) is 19.9 Å². The Morgan fingerprint density at radius 3 is 2.53 bits per heavy atom. The molecular weight excluding hydrogens is 252 g/mol. The predicted molar refractivity (Wildman–Crippen MR) is 70.1 cm³/mol. The first-order chi connectivity index (χ1) is 7.04. The van der Waals surface area contributed by atoms with E-state index in [1.165, 1.54) is 5.69 Å². The molecule has 0 saturated carbocycles. The van der Waals surface area contributed by atoms with E-state index in [0.29, 0.717) is 12.5 Å². The fourth-order valence-corrected chi connectivity index (χ4v) is 2.36. The topological polar surface area (TPSA) is 29.3 Å². The van der Waals surface area contributed by atoms with Crippen molar-refractivity contribution in [2.75, 3.05) is 18.5 Å². The van der Waals surface area contributed by atoms with Gasteiger partial charge in [0.2, 0.25) is 0 Å². The maximum Gasteiger partial charge on any atom is 0.0508 e. The van der Waals surface area contributed by atoms with Gasteiger partial charge in [-0.3, -0.25) is 0 Å². The molecule has 15 heavy (non-hydrogen) atoms. The number of hydrogen-bond acceptors (Lipinski definition) is 2. The van der Waals surface area contributed by atoms with Gasteiger partial charge in [0.15, 0.2) is 0 Å². The maximum absolute atomic E-state index is 5.59. The number of halogens is 1. The first kappa shape index (κ1) is 12.5. The fourth-order valence-electron chi connectivity index (χ4n) is 1.63. The highest BCUT2D eigenvalue weighted by Crippen LogP contribution is 2.26. The van der Waals surface area contributed by atoms with Gasteiger partial charge in [-0.2, -0.15) is 0 Å². The quantitative estimate of drug-likeness (QED) is 0.912. The average molecular weight is 271 g/mol. The minimum Gasteiger partial charge on any atom is -0.373 e. The van der Waals surface area contributed by atoms with Crippen molar-refractivity contribution in [1.82, 2.24) is 0 Å². The summed E-state index contributed by atoms with van der Waals surface area (Å²) in [6.45, 7) is 6.09. The maximum atomic E-state index is 5.59. The minimum atomic E-state index is 0.590. The molecule has 0 saturated heterocycles. The minimum absolute atomic E-state index is 0.590. The van der Waals surface area contributed by atoms with Crippen molar-refractivity contribution in [1.29, 1.82) is 0 Å². The van der Waals surface area contributed by atoms with E-state index in [1.54, 1.807) is 0 Å². The molecule has 2 nitrogen and oxygen atoms in total. The third kappa shape index (κ3) is 3.50. The van der Waals surface area contributed by atoms with Gasteiger partial charge >= 0.3 is 0 Å². The van der Waals surface area contributed by atoms with Gasteiger partial charge in [-0.25, -0.2) is 0 Å². The van der Waals surface area contributed by atoms with E-state index in [9.17, 15) is 0 Å². The molecule has 1 aromatic rings. The van der Waals surface area contributed by atoms with E-state index in [0.717, 1.165) is 16.6 Å². The zero-order valence-electron chi connectivity index (χ0n) is 9.63. The highest BCUT2D eigenvalue weighted by atomic mass is 79.9. The fraction of sp³-hybridized carbons (Fsp3) is 0.500. The normalized spacial score (nSPS) is 10.8. The summed E-state index contributed by atoms with van der Waals surface area (Å²) in [5, 5.41) is 0. The van der Waals surface area contributed by atoms with Crippen LogP contribution in [0.4, 0.5) is 5.69 Å². The van der Waals surface area contributed by atoms with Crippen LogP contribution in [0.1, 0.15) is 19.4 Å². The highest BCUT2D eigenvalue weighted by molar-refractivity contribution is 9.10. The summed E-state index contributed by atoms with van der Waals surface area (Å²) < 4.78 is 1.12.